The highest BCUT2D eigenvalue weighted by atomic mass is 127. The van der Waals surface area contributed by atoms with Crippen molar-refractivity contribution in [2.75, 3.05) is 27.2 Å². The number of methoxy groups -OCH3 is 1. The summed E-state index contributed by atoms with van der Waals surface area (Å²) in [6, 6.07) is 9.74. The molecule has 0 aliphatic heterocycles. The lowest BCUT2D eigenvalue weighted by Crippen LogP contribution is -2.42. The van der Waals surface area contributed by atoms with Crippen LogP contribution in [0.25, 0.3) is 0 Å². The second-order valence-electron chi connectivity index (χ2n) is 6.46. The first kappa shape index (κ1) is 24.1. The summed E-state index contributed by atoms with van der Waals surface area (Å²) in [6.45, 7) is 8.44. The first-order valence-electron chi connectivity index (χ1n) is 9.28. The molecule has 1 aromatic carbocycles. The molecule has 0 amide bonds. The van der Waals surface area contributed by atoms with Gasteiger partial charge in [-0.05, 0) is 45.4 Å². The van der Waals surface area contributed by atoms with Crippen molar-refractivity contribution >= 4 is 29.9 Å². The number of nitrogens with zero attached hydrogens (tertiary/aromatic N) is 3. The minimum atomic E-state index is -0.0328. The minimum absolute atomic E-state index is 0. The Bertz CT molecular complexity index is 748. The molecule has 0 aliphatic carbocycles. The average molecular weight is 501 g/mol. The number of hydrogen-bond acceptors (Lipinski definition) is 4. The number of guanidine groups is 1. The third-order valence-electron chi connectivity index (χ3n) is 4.12. The smallest absolute Gasteiger partial charge is 0.191 e. The van der Waals surface area contributed by atoms with Crippen LogP contribution >= 0.6 is 24.0 Å². The fourth-order valence-electron chi connectivity index (χ4n) is 2.77. The van der Waals surface area contributed by atoms with Gasteiger partial charge in [0.15, 0.2) is 17.5 Å². The van der Waals surface area contributed by atoms with E-state index in [9.17, 15) is 0 Å². The van der Waals surface area contributed by atoms with Gasteiger partial charge >= 0.3 is 0 Å². The van der Waals surface area contributed by atoms with Crippen molar-refractivity contribution in [3.8, 4) is 11.5 Å². The second-order valence-corrected chi connectivity index (χ2v) is 6.46. The zero-order valence-corrected chi connectivity index (χ0v) is 19.7. The Morgan fingerprint density at radius 3 is 2.54 bits per heavy atom. The predicted molar refractivity (Wildman–Crippen MR) is 124 cm³/mol. The molecule has 0 bridgehead atoms. The third-order valence-corrected chi connectivity index (χ3v) is 4.12. The van der Waals surface area contributed by atoms with Crippen LogP contribution in [-0.2, 0) is 6.54 Å². The van der Waals surface area contributed by atoms with Gasteiger partial charge in [0.2, 0.25) is 0 Å². The summed E-state index contributed by atoms with van der Waals surface area (Å²) in [5.41, 5.74) is 2.25. The Morgan fingerprint density at radius 2 is 1.93 bits per heavy atom. The number of rotatable bonds is 9. The van der Waals surface area contributed by atoms with Crippen LogP contribution in [0.5, 0.6) is 11.5 Å². The molecule has 8 heteroatoms. The number of aromatic nitrogens is 2. The van der Waals surface area contributed by atoms with Crippen LogP contribution < -0.4 is 20.1 Å². The molecule has 1 unspecified atom stereocenters. The lowest BCUT2D eigenvalue weighted by molar-refractivity contribution is 0.213. The van der Waals surface area contributed by atoms with Crippen LogP contribution in [0.1, 0.15) is 24.7 Å². The fraction of sp³-hybridized carbons (Fsp3) is 0.500. The van der Waals surface area contributed by atoms with Gasteiger partial charge in [0.1, 0.15) is 6.10 Å². The summed E-state index contributed by atoms with van der Waals surface area (Å²) < 4.78 is 13.3. The van der Waals surface area contributed by atoms with Gasteiger partial charge in [-0.1, -0.05) is 12.1 Å². The molecule has 0 fully saturated rings. The van der Waals surface area contributed by atoms with Crippen LogP contribution in [0.15, 0.2) is 35.3 Å². The van der Waals surface area contributed by atoms with Crippen molar-refractivity contribution in [2.24, 2.45) is 4.99 Å². The third kappa shape index (κ3) is 7.57. The Balaban J connectivity index is 0.00000392. The maximum atomic E-state index is 5.95. The first-order chi connectivity index (χ1) is 13.0. The van der Waals surface area contributed by atoms with Gasteiger partial charge in [-0.25, -0.2) is 0 Å². The molecule has 2 rings (SSSR count). The molecule has 2 N–H and O–H groups in total. The van der Waals surface area contributed by atoms with E-state index in [1.807, 2.05) is 42.8 Å². The second kappa shape index (κ2) is 12.5. The van der Waals surface area contributed by atoms with E-state index in [-0.39, 0.29) is 30.1 Å². The number of nitrogens with one attached hydrogen (secondary N) is 2. The fourth-order valence-corrected chi connectivity index (χ4v) is 2.77. The van der Waals surface area contributed by atoms with E-state index < -0.39 is 0 Å². The summed E-state index contributed by atoms with van der Waals surface area (Å²) in [7, 11) is 3.41. The molecular formula is C20H32IN5O2. The molecule has 7 nitrogen and oxygen atoms in total. The summed E-state index contributed by atoms with van der Waals surface area (Å²) in [5, 5.41) is 11.1. The van der Waals surface area contributed by atoms with Gasteiger partial charge in [-0.2, -0.15) is 5.10 Å². The van der Waals surface area contributed by atoms with Gasteiger partial charge < -0.3 is 20.1 Å². The molecule has 0 aliphatic rings. The van der Waals surface area contributed by atoms with E-state index in [1.165, 1.54) is 5.69 Å². The maximum Gasteiger partial charge on any atom is 0.191 e. The summed E-state index contributed by atoms with van der Waals surface area (Å²) in [4.78, 5) is 4.26. The Kier molecular flexibility index (Phi) is 10.7. The summed E-state index contributed by atoms with van der Waals surface area (Å²) in [6.07, 6.45) is 0.935. The maximum absolute atomic E-state index is 5.95. The molecule has 28 heavy (non-hydrogen) atoms. The SMILES string of the molecule is CN=C(NCCCn1nc(C)cc1C)NCC(C)Oc1ccccc1OC.I. The lowest BCUT2D eigenvalue weighted by atomic mass is 10.3. The lowest BCUT2D eigenvalue weighted by Gasteiger charge is -2.19. The van der Waals surface area contributed by atoms with Gasteiger partial charge in [0.25, 0.3) is 0 Å². The molecule has 0 radical (unpaired) electrons. The monoisotopic (exact) mass is 501 g/mol. The van der Waals surface area contributed by atoms with Crippen molar-refractivity contribution in [2.45, 2.75) is 39.8 Å². The van der Waals surface area contributed by atoms with Crippen LogP contribution in [0.4, 0.5) is 0 Å². The van der Waals surface area contributed by atoms with Crippen molar-refractivity contribution in [3.63, 3.8) is 0 Å². The van der Waals surface area contributed by atoms with Crippen molar-refractivity contribution in [1.82, 2.24) is 20.4 Å². The van der Waals surface area contributed by atoms with E-state index in [0.717, 1.165) is 42.7 Å². The summed E-state index contributed by atoms with van der Waals surface area (Å²) >= 11 is 0. The topological polar surface area (TPSA) is 72.7 Å². The molecule has 1 atom stereocenters. The van der Waals surface area contributed by atoms with Gasteiger partial charge in [-0.15, -0.1) is 24.0 Å². The first-order valence-corrected chi connectivity index (χ1v) is 9.28. The normalized spacial score (nSPS) is 12.1. The highest BCUT2D eigenvalue weighted by Gasteiger charge is 2.09. The molecule has 0 saturated carbocycles. The Morgan fingerprint density at radius 1 is 1.21 bits per heavy atom. The molecule has 1 aromatic heterocycles. The molecular weight excluding hydrogens is 469 g/mol. The largest absolute Gasteiger partial charge is 0.493 e. The number of para-hydroxylation sites is 2. The number of hydrogen-bond donors (Lipinski definition) is 2. The number of benzene rings is 1. The Labute approximate surface area is 184 Å². The van der Waals surface area contributed by atoms with Crippen molar-refractivity contribution in [3.05, 3.63) is 41.7 Å². The van der Waals surface area contributed by atoms with Crippen LogP contribution in [0, 0.1) is 13.8 Å². The molecule has 1 heterocycles. The van der Waals surface area contributed by atoms with Crippen LogP contribution in [-0.4, -0.2) is 49.1 Å². The standard InChI is InChI=1S/C20H31N5O2.HI/c1-15-13-16(2)25(24-15)12-8-11-22-20(21-4)23-14-17(3)27-19-10-7-6-9-18(19)26-5;/h6-7,9-10,13,17H,8,11-12,14H2,1-5H3,(H2,21,22,23);1H. The molecule has 0 spiro atoms. The number of ether oxygens (including phenoxy) is 2. The van der Waals surface area contributed by atoms with Gasteiger partial charge in [0, 0.05) is 25.8 Å². The Hall–Kier alpha value is -1.97. The molecule has 0 saturated heterocycles. The van der Waals surface area contributed by atoms with Gasteiger partial charge in [-0.3, -0.25) is 9.67 Å². The van der Waals surface area contributed by atoms with E-state index >= 15 is 0 Å². The van der Waals surface area contributed by atoms with E-state index in [1.54, 1.807) is 14.2 Å². The zero-order valence-electron chi connectivity index (χ0n) is 17.4. The molecule has 156 valence electrons. The van der Waals surface area contributed by atoms with E-state index in [2.05, 4.69) is 33.7 Å². The van der Waals surface area contributed by atoms with Crippen molar-refractivity contribution in [1.29, 1.82) is 0 Å². The van der Waals surface area contributed by atoms with Crippen LogP contribution in [0.2, 0.25) is 0 Å². The van der Waals surface area contributed by atoms with Gasteiger partial charge in [0.05, 0.1) is 19.3 Å². The van der Waals surface area contributed by atoms with Crippen LogP contribution in [0.3, 0.4) is 0 Å². The highest BCUT2D eigenvalue weighted by molar-refractivity contribution is 14.0. The highest BCUT2D eigenvalue weighted by Crippen LogP contribution is 2.26. The minimum Gasteiger partial charge on any atom is -0.493 e. The van der Waals surface area contributed by atoms with E-state index in [4.69, 9.17) is 9.47 Å². The number of aliphatic imine (C=N–C) groups is 1. The predicted octanol–water partition coefficient (Wildman–Crippen LogP) is 3.15. The zero-order chi connectivity index (χ0) is 19.6. The number of halogens is 1. The summed E-state index contributed by atoms with van der Waals surface area (Å²) in [5.74, 6) is 2.23. The molecule has 2 aromatic rings. The van der Waals surface area contributed by atoms with Crippen molar-refractivity contribution < 1.29 is 9.47 Å². The van der Waals surface area contributed by atoms with E-state index in [0.29, 0.717) is 6.54 Å². The number of aryl methyl sites for hydroxylation is 3. The average Bonchev–Trinajstić information content (AvgIpc) is 2.98. The quantitative estimate of drug-likeness (QED) is 0.239.